The second kappa shape index (κ2) is 14.0. The van der Waals surface area contributed by atoms with Crippen LogP contribution >= 0.6 is 0 Å². The molecule has 3 aromatic heterocycles. The minimum atomic E-state index is -3.11. The van der Waals surface area contributed by atoms with E-state index in [0.717, 1.165) is 39.7 Å². The van der Waals surface area contributed by atoms with Crippen molar-refractivity contribution in [2.24, 2.45) is 0 Å². The number of rotatable bonds is 6. The molecule has 0 spiro atoms. The van der Waals surface area contributed by atoms with Crippen LogP contribution in [-0.2, 0) is 0 Å². The number of para-hydroxylation sites is 3. The lowest BCUT2D eigenvalue weighted by atomic mass is 10.1. The Morgan fingerprint density at radius 2 is 0.794 bits per heavy atom. The fourth-order valence-corrected chi connectivity index (χ4v) is 15.8. The predicted molar refractivity (Wildman–Crippen MR) is 264 cm³/mol. The molecule has 63 heavy (non-hydrogen) atoms. The molecule has 0 atom stereocenters. The zero-order valence-corrected chi connectivity index (χ0v) is 35.2. The Kier molecular flexibility index (Phi) is 7.89. The molecule has 294 valence electrons. The summed E-state index contributed by atoms with van der Waals surface area (Å²) in [5, 5.41) is 10.1. The summed E-state index contributed by atoms with van der Waals surface area (Å²) in [6.45, 7) is 0. The summed E-state index contributed by atoms with van der Waals surface area (Å²) in [5.74, 6) is 0.732. The molecule has 5 heteroatoms. The maximum Gasteiger partial charge on any atom is 0.185 e. The zero-order valence-electron chi connectivity index (χ0n) is 34.2. The zero-order chi connectivity index (χ0) is 41.5. The molecule has 0 aliphatic carbocycles. The van der Waals surface area contributed by atoms with Crippen molar-refractivity contribution in [3.63, 3.8) is 0 Å². The third-order valence-electron chi connectivity index (χ3n) is 13.2. The molecule has 0 unspecified atom stereocenters. The smallest absolute Gasteiger partial charge is 0.185 e. The first-order valence-electron chi connectivity index (χ1n) is 21.6. The highest BCUT2D eigenvalue weighted by Crippen LogP contribution is 2.41. The van der Waals surface area contributed by atoms with Crippen LogP contribution in [0.25, 0.3) is 88.9 Å². The first kappa shape index (κ1) is 35.6. The van der Waals surface area contributed by atoms with E-state index in [1.54, 1.807) is 0 Å². The Bertz CT molecular complexity index is 3670. The summed E-state index contributed by atoms with van der Waals surface area (Å²) in [5.41, 5.74) is 12.3. The molecule has 0 amide bonds. The highest BCUT2D eigenvalue weighted by Gasteiger charge is 2.52. The van der Waals surface area contributed by atoms with Crippen molar-refractivity contribution in [3.8, 4) is 45.3 Å². The minimum absolute atomic E-state index is 0.732. The van der Waals surface area contributed by atoms with E-state index in [0.29, 0.717) is 0 Å². The monoisotopic (exact) mass is 818 g/mol. The summed E-state index contributed by atoms with van der Waals surface area (Å²) in [4.78, 5) is 11.2. The van der Waals surface area contributed by atoms with Crippen molar-refractivity contribution >= 4 is 72.4 Å². The molecule has 4 heterocycles. The van der Waals surface area contributed by atoms with Crippen LogP contribution in [0.3, 0.4) is 0 Å². The molecule has 0 saturated heterocycles. The van der Waals surface area contributed by atoms with Gasteiger partial charge in [0, 0.05) is 54.8 Å². The van der Waals surface area contributed by atoms with E-state index in [2.05, 4.69) is 240 Å². The Labute approximate surface area is 365 Å². The third kappa shape index (κ3) is 5.21. The number of nitrogens with zero attached hydrogens (tertiary/aromatic N) is 4. The molecule has 12 aromatic rings. The van der Waals surface area contributed by atoms with Gasteiger partial charge in [0.1, 0.15) is 0 Å². The van der Waals surface area contributed by atoms with Crippen LogP contribution < -0.4 is 20.7 Å². The lowest BCUT2D eigenvalue weighted by Gasteiger charge is -2.32. The van der Waals surface area contributed by atoms with Gasteiger partial charge in [-0.3, -0.25) is 0 Å². The highest BCUT2D eigenvalue weighted by molar-refractivity contribution is 7.22. The van der Waals surface area contributed by atoms with Gasteiger partial charge in [-0.05, 0) is 64.1 Å². The summed E-state index contributed by atoms with van der Waals surface area (Å²) in [6, 6.07) is 84.0. The fraction of sp³-hybridized carbons (Fsp3) is 0. The molecule has 0 radical (unpaired) electrons. The molecule has 1 aliphatic heterocycles. The molecular formula is C58H38N4Si. The van der Waals surface area contributed by atoms with Crippen LogP contribution in [0.4, 0.5) is 0 Å². The van der Waals surface area contributed by atoms with E-state index < -0.39 is 8.07 Å². The molecule has 4 nitrogen and oxygen atoms in total. The summed E-state index contributed by atoms with van der Waals surface area (Å²) >= 11 is 0. The second-order valence-corrected chi connectivity index (χ2v) is 20.2. The Balaban J connectivity index is 1.15. The first-order valence-corrected chi connectivity index (χ1v) is 23.6. The SMILES string of the molecule is c1ccc(-c2nc(-c3ccccc3)c3c(n2)-c2ccc(-n4c5ccccc5c5cc6c(cc54)c4ccccc4n6-c4ccccc4)cc2[Si]3(c2ccccc2)c2ccccc2)cc1. The quantitative estimate of drug-likeness (QED) is 0.157. The van der Waals surface area contributed by atoms with Crippen molar-refractivity contribution in [1.82, 2.24) is 19.1 Å². The molecule has 13 rings (SSSR count). The van der Waals surface area contributed by atoms with Gasteiger partial charge >= 0.3 is 0 Å². The van der Waals surface area contributed by atoms with E-state index in [1.165, 1.54) is 69.9 Å². The van der Waals surface area contributed by atoms with Gasteiger partial charge in [0.05, 0.1) is 33.5 Å². The van der Waals surface area contributed by atoms with Crippen LogP contribution in [0.15, 0.2) is 231 Å². The van der Waals surface area contributed by atoms with Gasteiger partial charge in [0.2, 0.25) is 0 Å². The molecule has 0 N–H and O–H groups in total. The van der Waals surface area contributed by atoms with Gasteiger partial charge in [-0.15, -0.1) is 0 Å². The first-order chi connectivity index (χ1) is 31.3. The van der Waals surface area contributed by atoms with Gasteiger partial charge in [-0.25, -0.2) is 9.97 Å². The fourth-order valence-electron chi connectivity index (χ4n) is 10.6. The van der Waals surface area contributed by atoms with E-state index in [9.17, 15) is 0 Å². The number of aromatic nitrogens is 4. The Morgan fingerprint density at radius 1 is 0.333 bits per heavy atom. The number of hydrogen-bond donors (Lipinski definition) is 0. The molecule has 9 aromatic carbocycles. The van der Waals surface area contributed by atoms with Crippen molar-refractivity contribution in [2.75, 3.05) is 0 Å². The summed E-state index contributed by atoms with van der Waals surface area (Å²) < 4.78 is 4.91. The average Bonchev–Trinajstić information content (AvgIpc) is 3.97. The van der Waals surface area contributed by atoms with E-state index in [4.69, 9.17) is 9.97 Å². The predicted octanol–water partition coefficient (Wildman–Crippen LogP) is 11.4. The van der Waals surface area contributed by atoms with Gasteiger partial charge in [0.25, 0.3) is 0 Å². The molecule has 0 saturated carbocycles. The van der Waals surface area contributed by atoms with Gasteiger partial charge in [-0.1, -0.05) is 182 Å². The average molecular weight is 819 g/mol. The summed E-state index contributed by atoms with van der Waals surface area (Å²) in [6.07, 6.45) is 0. The number of fused-ring (bicyclic) bond motifs is 9. The molecular weight excluding hydrogens is 781 g/mol. The van der Waals surface area contributed by atoms with Crippen molar-refractivity contribution in [3.05, 3.63) is 231 Å². The summed E-state index contributed by atoms with van der Waals surface area (Å²) in [7, 11) is -3.11. The maximum absolute atomic E-state index is 5.59. The lowest BCUT2D eigenvalue weighted by molar-refractivity contribution is 1.17. The van der Waals surface area contributed by atoms with Gasteiger partial charge in [-0.2, -0.15) is 0 Å². The van der Waals surface area contributed by atoms with Crippen LogP contribution in [0.5, 0.6) is 0 Å². The largest absolute Gasteiger partial charge is 0.309 e. The number of benzene rings is 9. The standard InChI is InChI=1S/C58H38N4Si/c1-6-20-39(21-7-1)55-57-56(60-58(59-55)40-22-8-2-9-23-40)47-35-34-42(36-54(47)63(57,43-26-12-4-13-27-43)44-28-14-5-15-29-44)62-51-33-19-17-31-46(51)49-37-52-48(38-53(49)62)45-30-16-18-32-50(45)61(52)41-24-10-3-11-25-41/h1-38H. The lowest BCUT2D eigenvalue weighted by Crippen LogP contribution is -2.73. The van der Waals surface area contributed by atoms with Crippen LogP contribution in [0, 0.1) is 0 Å². The second-order valence-electron chi connectivity index (χ2n) is 16.5. The Morgan fingerprint density at radius 3 is 1.37 bits per heavy atom. The topological polar surface area (TPSA) is 35.6 Å². The van der Waals surface area contributed by atoms with Crippen molar-refractivity contribution in [2.45, 2.75) is 0 Å². The number of hydrogen-bond acceptors (Lipinski definition) is 2. The molecule has 1 aliphatic rings. The van der Waals surface area contributed by atoms with E-state index >= 15 is 0 Å². The van der Waals surface area contributed by atoms with Crippen LogP contribution in [-0.4, -0.2) is 27.2 Å². The van der Waals surface area contributed by atoms with Crippen molar-refractivity contribution < 1.29 is 0 Å². The molecule has 0 fully saturated rings. The van der Waals surface area contributed by atoms with E-state index in [1.807, 2.05) is 0 Å². The normalized spacial score (nSPS) is 12.9. The van der Waals surface area contributed by atoms with Gasteiger partial charge < -0.3 is 9.13 Å². The third-order valence-corrected chi connectivity index (χ3v) is 18.0. The van der Waals surface area contributed by atoms with Crippen LogP contribution in [0.2, 0.25) is 0 Å². The van der Waals surface area contributed by atoms with E-state index in [-0.39, 0.29) is 0 Å². The molecule has 0 bridgehead atoms. The highest BCUT2D eigenvalue weighted by atomic mass is 28.3. The maximum atomic E-state index is 5.59. The van der Waals surface area contributed by atoms with Crippen LogP contribution in [0.1, 0.15) is 0 Å². The van der Waals surface area contributed by atoms with Crippen molar-refractivity contribution in [1.29, 1.82) is 0 Å². The van der Waals surface area contributed by atoms with Gasteiger partial charge in [0.15, 0.2) is 13.9 Å². The minimum Gasteiger partial charge on any atom is -0.309 e. The Hall–Kier alpha value is -8.12.